The van der Waals surface area contributed by atoms with Crippen LogP contribution in [0.2, 0.25) is 4.47 Å². The molecule has 1 unspecified atom stereocenters. The van der Waals surface area contributed by atoms with E-state index in [1.54, 1.807) is 0 Å². The van der Waals surface area contributed by atoms with Crippen LogP contribution in [-0.4, -0.2) is 52.4 Å². The first-order valence-electron chi connectivity index (χ1n) is 6.26. The zero-order valence-corrected chi connectivity index (χ0v) is 12.1. The van der Waals surface area contributed by atoms with Gasteiger partial charge in [-0.2, -0.15) is 0 Å². The smallest absolute Gasteiger partial charge is 0.317 e. The van der Waals surface area contributed by atoms with Crippen LogP contribution in [0.25, 0.3) is 0 Å². The second kappa shape index (κ2) is 7.14. The molecule has 1 saturated heterocycles. The quantitative estimate of drug-likeness (QED) is 0.819. The summed E-state index contributed by atoms with van der Waals surface area (Å²) in [5.41, 5.74) is 0. The van der Waals surface area contributed by atoms with E-state index in [9.17, 15) is 4.79 Å². The normalized spacial score (nSPS) is 20.6. The van der Waals surface area contributed by atoms with Crippen molar-refractivity contribution in [2.75, 3.05) is 26.2 Å². The molecule has 106 valence electrons. The van der Waals surface area contributed by atoms with E-state index in [4.69, 9.17) is 16.7 Å². The van der Waals surface area contributed by atoms with Gasteiger partial charge in [0.1, 0.15) is 5.01 Å². The Bertz CT molecular complexity index is 429. The van der Waals surface area contributed by atoms with Crippen molar-refractivity contribution in [1.29, 1.82) is 0 Å². The van der Waals surface area contributed by atoms with Crippen LogP contribution in [0.15, 0.2) is 0 Å². The maximum absolute atomic E-state index is 10.4. The number of rotatable bonds is 6. The summed E-state index contributed by atoms with van der Waals surface area (Å²) in [4.78, 5) is 12.8. The molecule has 1 aromatic rings. The fourth-order valence-electron chi connectivity index (χ4n) is 2.33. The van der Waals surface area contributed by atoms with Gasteiger partial charge in [0.15, 0.2) is 0 Å². The molecule has 0 radical (unpaired) electrons. The first-order chi connectivity index (χ1) is 9.13. The highest BCUT2D eigenvalue weighted by Crippen LogP contribution is 2.21. The zero-order valence-electron chi connectivity index (χ0n) is 10.5. The van der Waals surface area contributed by atoms with Crippen molar-refractivity contribution >= 4 is 28.9 Å². The summed E-state index contributed by atoms with van der Waals surface area (Å²) in [6, 6.07) is 0. The number of halogens is 1. The topological polar surface area (TPSA) is 78.4 Å². The average Bonchev–Trinajstić information content (AvgIpc) is 2.75. The molecule has 8 heteroatoms. The predicted molar refractivity (Wildman–Crippen MR) is 73.4 cm³/mol. The maximum atomic E-state index is 10.4. The Morgan fingerprint density at radius 1 is 1.58 bits per heavy atom. The van der Waals surface area contributed by atoms with Gasteiger partial charge in [-0.1, -0.05) is 11.3 Å². The average molecular weight is 305 g/mol. The SMILES string of the molecule is O=C(O)CNCC1CCCN(Cc2nnc(Cl)s2)C1. The van der Waals surface area contributed by atoms with E-state index in [1.165, 1.54) is 11.3 Å². The predicted octanol–water partition coefficient (Wildman–Crippen LogP) is 1.08. The first-order valence-corrected chi connectivity index (χ1v) is 7.45. The number of hydrogen-bond acceptors (Lipinski definition) is 6. The molecule has 2 rings (SSSR count). The minimum Gasteiger partial charge on any atom is -0.480 e. The third kappa shape index (κ3) is 5.02. The number of nitrogens with one attached hydrogen (secondary N) is 1. The number of aromatic nitrogens is 2. The molecule has 2 N–H and O–H groups in total. The minimum absolute atomic E-state index is 0.0303. The van der Waals surface area contributed by atoms with E-state index in [0.29, 0.717) is 10.4 Å². The maximum Gasteiger partial charge on any atom is 0.317 e. The summed E-state index contributed by atoms with van der Waals surface area (Å²) in [6.45, 7) is 3.57. The summed E-state index contributed by atoms with van der Waals surface area (Å²) in [5, 5.41) is 20.3. The van der Waals surface area contributed by atoms with E-state index in [2.05, 4.69) is 20.4 Å². The van der Waals surface area contributed by atoms with Gasteiger partial charge in [0.25, 0.3) is 0 Å². The Balaban J connectivity index is 1.75. The molecule has 1 atom stereocenters. The van der Waals surface area contributed by atoms with Crippen LogP contribution < -0.4 is 5.32 Å². The van der Waals surface area contributed by atoms with Gasteiger partial charge in [-0.25, -0.2) is 0 Å². The number of aliphatic carboxylic acids is 1. The molecule has 1 aliphatic rings. The molecule has 19 heavy (non-hydrogen) atoms. The van der Waals surface area contributed by atoms with Gasteiger partial charge in [0, 0.05) is 6.54 Å². The minimum atomic E-state index is -0.809. The lowest BCUT2D eigenvalue weighted by molar-refractivity contribution is -0.136. The molecule has 2 heterocycles. The molecule has 0 saturated carbocycles. The van der Waals surface area contributed by atoms with E-state index in [0.717, 1.165) is 44.0 Å². The van der Waals surface area contributed by atoms with Crippen molar-refractivity contribution in [2.24, 2.45) is 5.92 Å². The van der Waals surface area contributed by atoms with E-state index in [1.807, 2.05) is 0 Å². The highest BCUT2D eigenvalue weighted by atomic mass is 35.5. The van der Waals surface area contributed by atoms with Crippen molar-refractivity contribution in [2.45, 2.75) is 19.4 Å². The summed E-state index contributed by atoms with van der Waals surface area (Å²) in [6.07, 6.45) is 2.27. The number of carboxylic acid groups (broad SMARTS) is 1. The summed E-state index contributed by atoms with van der Waals surface area (Å²) < 4.78 is 0.478. The Kier molecular flexibility index (Phi) is 5.50. The molecule has 1 fully saturated rings. The van der Waals surface area contributed by atoms with Gasteiger partial charge < -0.3 is 10.4 Å². The van der Waals surface area contributed by atoms with Crippen LogP contribution >= 0.6 is 22.9 Å². The van der Waals surface area contributed by atoms with E-state index in [-0.39, 0.29) is 6.54 Å². The molecule has 0 aromatic carbocycles. The number of carbonyl (C=O) groups is 1. The lowest BCUT2D eigenvalue weighted by Gasteiger charge is -2.32. The fraction of sp³-hybridized carbons (Fsp3) is 0.727. The molecule has 1 aliphatic heterocycles. The number of carboxylic acids is 1. The van der Waals surface area contributed by atoms with Gasteiger partial charge in [-0.15, -0.1) is 10.2 Å². The number of likely N-dealkylation sites (tertiary alicyclic amines) is 1. The van der Waals surface area contributed by atoms with Gasteiger partial charge in [-0.3, -0.25) is 9.69 Å². The van der Waals surface area contributed by atoms with Crippen LogP contribution in [0.1, 0.15) is 17.8 Å². The molecule has 0 amide bonds. The van der Waals surface area contributed by atoms with Crippen LogP contribution in [0.4, 0.5) is 0 Å². The lowest BCUT2D eigenvalue weighted by Crippen LogP contribution is -2.40. The summed E-state index contributed by atoms with van der Waals surface area (Å²) in [5.74, 6) is -0.312. The molecule has 1 aromatic heterocycles. The molecular formula is C11H17ClN4O2S. The van der Waals surface area contributed by atoms with Crippen molar-refractivity contribution in [3.63, 3.8) is 0 Å². The standard InChI is InChI=1S/C11H17ClN4O2S/c12-11-15-14-9(19-11)7-16-3-1-2-8(6-16)4-13-5-10(17)18/h8,13H,1-7H2,(H,17,18). The number of hydrogen-bond donors (Lipinski definition) is 2. The molecule has 0 spiro atoms. The fourth-order valence-corrected chi connectivity index (χ4v) is 3.24. The third-order valence-corrected chi connectivity index (χ3v) is 4.12. The highest BCUT2D eigenvalue weighted by Gasteiger charge is 2.20. The summed E-state index contributed by atoms with van der Waals surface area (Å²) in [7, 11) is 0. The Labute approximate surface area is 120 Å². The summed E-state index contributed by atoms with van der Waals surface area (Å²) >= 11 is 7.18. The Morgan fingerprint density at radius 3 is 3.11 bits per heavy atom. The van der Waals surface area contributed by atoms with Crippen LogP contribution in [0.5, 0.6) is 0 Å². The lowest BCUT2D eigenvalue weighted by atomic mass is 9.98. The van der Waals surface area contributed by atoms with Crippen LogP contribution in [0.3, 0.4) is 0 Å². The van der Waals surface area contributed by atoms with E-state index < -0.39 is 5.97 Å². The largest absolute Gasteiger partial charge is 0.480 e. The highest BCUT2D eigenvalue weighted by molar-refractivity contribution is 7.15. The first kappa shape index (κ1) is 14.6. The van der Waals surface area contributed by atoms with Crippen molar-refractivity contribution in [3.05, 3.63) is 9.47 Å². The Hall–Kier alpha value is -0.760. The van der Waals surface area contributed by atoms with Crippen molar-refractivity contribution in [1.82, 2.24) is 20.4 Å². The Morgan fingerprint density at radius 2 is 2.42 bits per heavy atom. The zero-order chi connectivity index (χ0) is 13.7. The molecule has 6 nitrogen and oxygen atoms in total. The molecule has 0 aliphatic carbocycles. The van der Waals surface area contributed by atoms with Crippen molar-refractivity contribution in [3.8, 4) is 0 Å². The molecule has 0 bridgehead atoms. The second-order valence-corrected chi connectivity index (χ2v) is 6.36. The molecular weight excluding hydrogens is 288 g/mol. The van der Waals surface area contributed by atoms with Gasteiger partial charge in [0.05, 0.1) is 13.1 Å². The second-order valence-electron chi connectivity index (χ2n) is 4.72. The number of piperidine rings is 1. The van der Waals surface area contributed by atoms with E-state index >= 15 is 0 Å². The van der Waals surface area contributed by atoms with Crippen LogP contribution in [0, 0.1) is 5.92 Å². The number of nitrogens with zero attached hydrogens (tertiary/aromatic N) is 3. The van der Waals surface area contributed by atoms with Gasteiger partial charge in [-0.05, 0) is 43.5 Å². The monoisotopic (exact) mass is 304 g/mol. The van der Waals surface area contributed by atoms with Crippen LogP contribution in [-0.2, 0) is 11.3 Å². The third-order valence-electron chi connectivity index (χ3n) is 3.11. The van der Waals surface area contributed by atoms with Gasteiger partial charge >= 0.3 is 5.97 Å². The van der Waals surface area contributed by atoms with Crippen molar-refractivity contribution < 1.29 is 9.90 Å². The van der Waals surface area contributed by atoms with Gasteiger partial charge in [0.2, 0.25) is 4.47 Å².